The lowest BCUT2D eigenvalue weighted by molar-refractivity contribution is 0.290. The first-order valence-electron chi connectivity index (χ1n) is 4.87. The summed E-state index contributed by atoms with van der Waals surface area (Å²) in [6, 6.07) is 14.5. The van der Waals surface area contributed by atoms with Gasteiger partial charge in [-0.25, -0.2) is 4.39 Å². The van der Waals surface area contributed by atoms with E-state index in [2.05, 4.69) is 22.6 Å². The lowest BCUT2D eigenvalue weighted by atomic mass is 10.2. The molecule has 0 amide bonds. The highest BCUT2D eigenvalue weighted by Crippen LogP contribution is 2.20. The van der Waals surface area contributed by atoms with Gasteiger partial charge in [-0.15, -0.1) is 0 Å². The monoisotopic (exact) mass is 328 g/mol. The minimum atomic E-state index is -0.323. The minimum absolute atomic E-state index is 0.302. The van der Waals surface area contributed by atoms with Gasteiger partial charge in [0.25, 0.3) is 0 Å². The van der Waals surface area contributed by atoms with Gasteiger partial charge in [-0.1, -0.05) is 30.3 Å². The lowest BCUT2D eigenvalue weighted by Gasteiger charge is -2.07. The van der Waals surface area contributed by atoms with E-state index in [0.29, 0.717) is 12.4 Å². The Morgan fingerprint density at radius 3 is 2.56 bits per heavy atom. The Balaban J connectivity index is 2.08. The van der Waals surface area contributed by atoms with Gasteiger partial charge in [0.15, 0.2) is 11.6 Å². The van der Waals surface area contributed by atoms with Crippen molar-refractivity contribution in [2.24, 2.45) is 0 Å². The SMILES string of the molecule is Fc1ccc(I)cc1OCc1ccccc1. The fraction of sp³-hybridized carbons (Fsp3) is 0.0769. The molecule has 82 valence electrons. The lowest BCUT2D eigenvalue weighted by Crippen LogP contribution is -1.97. The molecule has 2 rings (SSSR count). The van der Waals surface area contributed by atoms with Crippen LogP contribution in [0.3, 0.4) is 0 Å². The van der Waals surface area contributed by atoms with Crippen molar-refractivity contribution >= 4 is 22.6 Å². The van der Waals surface area contributed by atoms with Crippen LogP contribution in [0.15, 0.2) is 48.5 Å². The summed E-state index contributed by atoms with van der Waals surface area (Å²) in [5.41, 5.74) is 1.03. The van der Waals surface area contributed by atoms with Crippen molar-refractivity contribution in [3.05, 3.63) is 63.5 Å². The largest absolute Gasteiger partial charge is 0.486 e. The summed E-state index contributed by atoms with van der Waals surface area (Å²) < 4.78 is 19.7. The molecule has 0 atom stereocenters. The molecule has 0 aliphatic carbocycles. The summed E-state index contributed by atoms with van der Waals surface area (Å²) in [6.45, 7) is 0.387. The number of hydrogen-bond donors (Lipinski definition) is 0. The van der Waals surface area contributed by atoms with Crippen molar-refractivity contribution in [1.82, 2.24) is 0 Å². The average molecular weight is 328 g/mol. The van der Waals surface area contributed by atoms with Crippen LogP contribution in [-0.4, -0.2) is 0 Å². The molecule has 0 N–H and O–H groups in total. The first kappa shape index (κ1) is 11.4. The number of hydrogen-bond acceptors (Lipinski definition) is 1. The molecule has 3 heteroatoms. The summed E-state index contributed by atoms with van der Waals surface area (Å²) in [5.74, 6) is -0.0212. The van der Waals surface area contributed by atoms with Crippen LogP contribution in [0.1, 0.15) is 5.56 Å². The fourth-order valence-electron chi connectivity index (χ4n) is 1.32. The van der Waals surface area contributed by atoms with Crippen LogP contribution in [0.25, 0.3) is 0 Å². The molecule has 1 nitrogen and oxygen atoms in total. The third-order valence-electron chi connectivity index (χ3n) is 2.13. The van der Waals surface area contributed by atoms with Crippen LogP contribution in [0, 0.1) is 9.39 Å². The number of ether oxygens (including phenoxy) is 1. The predicted octanol–water partition coefficient (Wildman–Crippen LogP) is 4.01. The summed E-state index contributed by atoms with van der Waals surface area (Å²) >= 11 is 2.13. The van der Waals surface area contributed by atoms with Crippen LogP contribution in [0.4, 0.5) is 4.39 Å². The molecule has 0 radical (unpaired) electrons. The summed E-state index contributed by atoms with van der Waals surface area (Å²) in [4.78, 5) is 0. The Bertz CT molecular complexity index is 471. The van der Waals surface area contributed by atoms with Crippen molar-refractivity contribution in [2.75, 3.05) is 0 Å². The van der Waals surface area contributed by atoms with Crippen molar-refractivity contribution in [3.8, 4) is 5.75 Å². The molecule has 0 heterocycles. The predicted molar refractivity (Wildman–Crippen MR) is 69.9 cm³/mol. The Hall–Kier alpha value is -1.10. The van der Waals surface area contributed by atoms with Gasteiger partial charge in [0, 0.05) is 3.57 Å². The van der Waals surface area contributed by atoms with Crippen LogP contribution >= 0.6 is 22.6 Å². The smallest absolute Gasteiger partial charge is 0.165 e. The van der Waals surface area contributed by atoms with Gasteiger partial charge >= 0.3 is 0 Å². The maximum atomic E-state index is 13.3. The zero-order chi connectivity index (χ0) is 11.4. The van der Waals surface area contributed by atoms with Crippen molar-refractivity contribution in [3.63, 3.8) is 0 Å². The maximum Gasteiger partial charge on any atom is 0.165 e. The third-order valence-corrected chi connectivity index (χ3v) is 2.80. The fourth-order valence-corrected chi connectivity index (χ4v) is 1.79. The average Bonchev–Trinajstić information content (AvgIpc) is 2.32. The second-order valence-electron chi connectivity index (χ2n) is 3.35. The van der Waals surface area contributed by atoms with Crippen LogP contribution < -0.4 is 4.74 Å². The third kappa shape index (κ3) is 2.95. The first-order chi connectivity index (χ1) is 7.75. The van der Waals surface area contributed by atoms with Gasteiger partial charge in [-0.2, -0.15) is 0 Å². The Labute approximate surface area is 107 Å². The number of halogens is 2. The second-order valence-corrected chi connectivity index (χ2v) is 4.59. The zero-order valence-electron chi connectivity index (χ0n) is 8.49. The van der Waals surface area contributed by atoms with E-state index in [0.717, 1.165) is 9.13 Å². The van der Waals surface area contributed by atoms with E-state index in [4.69, 9.17) is 4.74 Å². The van der Waals surface area contributed by atoms with Gasteiger partial charge in [-0.05, 0) is 46.4 Å². The molecule has 0 fully saturated rings. The molecule has 2 aromatic rings. The van der Waals surface area contributed by atoms with Crippen LogP contribution in [0.2, 0.25) is 0 Å². The Kier molecular flexibility index (Phi) is 3.77. The van der Waals surface area contributed by atoms with Crippen molar-refractivity contribution in [2.45, 2.75) is 6.61 Å². The zero-order valence-corrected chi connectivity index (χ0v) is 10.6. The highest BCUT2D eigenvalue weighted by Gasteiger charge is 2.03. The number of rotatable bonds is 3. The van der Waals surface area contributed by atoms with Crippen LogP contribution in [-0.2, 0) is 6.61 Å². The molecule has 0 saturated carbocycles. The maximum absolute atomic E-state index is 13.3. The summed E-state index contributed by atoms with van der Waals surface area (Å²) in [5, 5.41) is 0. The molecule has 0 aliphatic rings. The highest BCUT2D eigenvalue weighted by atomic mass is 127. The van der Waals surface area contributed by atoms with E-state index in [1.807, 2.05) is 30.3 Å². The molecule has 0 unspecified atom stereocenters. The van der Waals surface area contributed by atoms with Gasteiger partial charge < -0.3 is 4.74 Å². The minimum Gasteiger partial charge on any atom is -0.486 e. The van der Waals surface area contributed by atoms with E-state index in [-0.39, 0.29) is 5.82 Å². The van der Waals surface area contributed by atoms with E-state index in [1.54, 1.807) is 12.1 Å². The molecule has 2 aromatic carbocycles. The molecule has 0 aliphatic heterocycles. The van der Waals surface area contributed by atoms with Gasteiger partial charge in [0.05, 0.1) is 0 Å². The molecule has 0 spiro atoms. The van der Waals surface area contributed by atoms with Crippen molar-refractivity contribution in [1.29, 1.82) is 0 Å². The van der Waals surface area contributed by atoms with Gasteiger partial charge in [-0.3, -0.25) is 0 Å². The van der Waals surface area contributed by atoms with Crippen LogP contribution in [0.5, 0.6) is 5.75 Å². The molecule has 0 aromatic heterocycles. The molecule has 0 saturated heterocycles. The normalized spacial score (nSPS) is 10.1. The Morgan fingerprint density at radius 2 is 1.81 bits per heavy atom. The molecule has 0 bridgehead atoms. The van der Waals surface area contributed by atoms with E-state index < -0.39 is 0 Å². The topological polar surface area (TPSA) is 9.23 Å². The van der Waals surface area contributed by atoms with Crippen molar-refractivity contribution < 1.29 is 9.13 Å². The second kappa shape index (κ2) is 5.30. The van der Waals surface area contributed by atoms with E-state index >= 15 is 0 Å². The molecule has 16 heavy (non-hydrogen) atoms. The summed E-state index contributed by atoms with van der Waals surface area (Å²) in [6.07, 6.45) is 0. The quantitative estimate of drug-likeness (QED) is 0.774. The van der Waals surface area contributed by atoms with E-state index in [9.17, 15) is 4.39 Å². The molecular formula is C13H10FIO. The highest BCUT2D eigenvalue weighted by molar-refractivity contribution is 14.1. The summed E-state index contributed by atoms with van der Waals surface area (Å²) in [7, 11) is 0. The van der Waals surface area contributed by atoms with Gasteiger partial charge in [0.1, 0.15) is 6.61 Å². The standard InChI is InChI=1S/C13H10FIO/c14-12-7-6-11(15)8-13(12)16-9-10-4-2-1-3-5-10/h1-8H,9H2. The van der Waals surface area contributed by atoms with E-state index in [1.165, 1.54) is 6.07 Å². The van der Waals surface area contributed by atoms with Gasteiger partial charge in [0.2, 0.25) is 0 Å². The Morgan fingerprint density at radius 1 is 1.06 bits per heavy atom. The number of benzene rings is 2. The first-order valence-corrected chi connectivity index (χ1v) is 5.95. The molecular weight excluding hydrogens is 318 g/mol.